The summed E-state index contributed by atoms with van der Waals surface area (Å²) in [6, 6.07) is 8.14. The van der Waals surface area contributed by atoms with E-state index in [2.05, 4.69) is 11.1 Å². The van der Waals surface area contributed by atoms with E-state index in [1.54, 1.807) is 4.90 Å². The zero-order chi connectivity index (χ0) is 14.5. The average Bonchev–Trinajstić information content (AvgIpc) is 2.43. The summed E-state index contributed by atoms with van der Waals surface area (Å²) >= 11 is 1.03. The van der Waals surface area contributed by atoms with Crippen LogP contribution in [0, 0.1) is 5.41 Å². The Hall–Kier alpha value is -2.02. The summed E-state index contributed by atoms with van der Waals surface area (Å²) in [5.41, 5.74) is 12.8. The van der Waals surface area contributed by atoms with Crippen molar-refractivity contribution in [3.63, 3.8) is 0 Å². The molecule has 0 fully saturated rings. The molecule has 20 heavy (non-hydrogen) atoms. The van der Waals surface area contributed by atoms with E-state index in [4.69, 9.17) is 16.9 Å². The van der Waals surface area contributed by atoms with Crippen LogP contribution >= 0.6 is 11.8 Å². The summed E-state index contributed by atoms with van der Waals surface area (Å²) in [6.07, 6.45) is 0.873. The molecule has 2 rings (SSSR count). The fourth-order valence-corrected chi connectivity index (χ4v) is 2.69. The third-order valence-electron chi connectivity index (χ3n) is 3.05. The number of carbonyl (C=O) groups excluding carboxylic acids is 1. The van der Waals surface area contributed by atoms with Crippen molar-refractivity contribution in [2.75, 3.05) is 12.3 Å². The summed E-state index contributed by atoms with van der Waals surface area (Å²) < 4.78 is 0. The van der Waals surface area contributed by atoms with Crippen molar-refractivity contribution in [2.24, 2.45) is 16.5 Å². The standard InChI is InChI=1S/C13H17N5OS/c14-12(15)17-13(16)20-8-11(19)18-6-5-9-3-1-2-4-10(9)7-18/h1-4H,5-8H2,(H5,14,15,16,17). The highest BCUT2D eigenvalue weighted by Crippen LogP contribution is 2.19. The normalized spacial score (nSPS) is 13.5. The van der Waals surface area contributed by atoms with E-state index in [0.29, 0.717) is 13.1 Å². The zero-order valence-electron chi connectivity index (χ0n) is 11.0. The van der Waals surface area contributed by atoms with Gasteiger partial charge < -0.3 is 16.4 Å². The molecular weight excluding hydrogens is 274 g/mol. The van der Waals surface area contributed by atoms with E-state index < -0.39 is 0 Å². The molecule has 0 atom stereocenters. The fraction of sp³-hybridized carbons (Fsp3) is 0.308. The Morgan fingerprint density at radius 2 is 2.05 bits per heavy atom. The summed E-state index contributed by atoms with van der Waals surface area (Å²) in [6.45, 7) is 1.34. The number of hydrogen-bond acceptors (Lipinski definition) is 3. The molecule has 1 amide bonds. The molecule has 0 spiro atoms. The lowest BCUT2D eigenvalue weighted by Crippen LogP contribution is -2.37. The Morgan fingerprint density at radius 1 is 1.35 bits per heavy atom. The van der Waals surface area contributed by atoms with Crippen LogP contribution in [0.3, 0.4) is 0 Å². The van der Waals surface area contributed by atoms with Gasteiger partial charge in [-0.3, -0.25) is 10.2 Å². The van der Waals surface area contributed by atoms with Gasteiger partial charge in [0.05, 0.1) is 5.75 Å². The Kier molecular flexibility index (Phi) is 4.62. The van der Waals surface area contributed by atoms with Gasteiger partial charge >= 0.3 is 0 Å². The largest absolute Gasteiger partial charge is 0.370 e. The summed E-state index contributed by atoms with van der Waals surface area (Å²) in [5, 5.41) is 7.44. The minimum absolute atomic E-state index is 0.0000425. The third kappa shape index (κ3) is 3.74. The maximum Gasteiger partial charge on any atom is 0.233 e. The fourth-order valence-electron chi connectivity index (χ4n) is 2.08. The number of carbonyl (C=O) groups is 1. The molecule has 0 saturated heterocycles. The first-order chi connectivity index (χ1) is 9.56. The van der Waals surface area contributed by atoms with Crippen molar-refractivity contribution in [1.82, 2.24) is 4.90 Å². The predicted octanol–water partition coefficient (Wildman–Crippen LogP) is 0.513. The lowest BCUT2D eigenvalue weighted by atomic mass is 10.00. The van der Waals surface area contributed by atoms with Gasteiger partial charge in [-0.2, -0.15) is 4.99 Å². The minimum atomic E-state index is -0.165. The van der Waals surface area contributed by atoms with Gasteiger partial charge in [0.1, 0.15) is 0 Å². The molecule has 1 aliphatic rings. The highest BCUT2D eigenvalue weighted by molar-refractivity contribution is 8.14. The van der Waals surface area contributed by atoms with Gasteiger partial charge in [-0.25, -0.2) is 0 Å². The van der Waals surface area contributed by atoms with Gasteiger partial charge in [-0.15, -0.1) is 0 Å². The SMILES string of the molecule is N=C(N=C(N)N)SCC(=O)N1CCc2ccccc2C1. The van der Waals surface area contributed by atoms with E-state index in [1.165, 1.54) is 11.1 Å². The smallest absolute Gasteiger partial charge is 0.233 e. The first-order valence-corrected chi connectivity index (χ1v) is 7.20. The molecule has 7 heteroatoms. The van der Waals surface area contributed by atoms with Crippen molar-refractivity contribution in [3.05, 3.63) is 35.4 Å². The quantitative estimate of drug-likeness (QED) is 0.545. The van der Waals surface area contributed by atoms with Gasteiger partial charge in [0.15, 0.2) is 11.1 Å². The van der Waals surface area contributed by atoms with Crippen LogP contribution in [0.4, 0.5) is 0 Å². The van der Waals surface area contributed by atoms with Crippen LogP contribution in [0.5, 0.6) is 0 Å². The molecule has 1 aromatic rings. The minimum Gasteiger partial charge on any atom is -0.370 e. The second-order valence-electron chi connectivity index (χ2n) is 4.46. The van der Waals surface area contributed by atoms with E-state index >= 15 is 0 Å². The lowest BCUT2D eigenvalue weighted by molar-refractivity contribution is -0.129. The molecule has 1 heterocycles. The Balaban J connectivity index is 1.89. The van der Waals surface area contributed by atoms with Gasteiger partial charge in [0.25, 0.3) is 0 Å². The van der Waals surface area contributed by atoms with Crippen LogP contribution in [0.2, 0.25) is 0 Å². The molecule has 0 saturated carbocycles. The molecule has 5 N–H and O–H groups in total. The number of benzene rings is 1. The first-order valence-electron chi connectivity index (χ1n) is 6.22. The number of nitrogens with two attached hydrogens (primary N) is 2. The monoisotopic (exact) mass is 291 g/mol. The second kappa shape index (κ2) is 6.42. The molecule has 0 bridgehead atoms. The van der Waals surface area contributed by atoms with E-state index in [0.717, 1.165) is 18.2 Å². The van der Waals surface area contributed by atoms with Crippen molar-refractivity contribution >= 4 is 28.8 Å². The molecule has 106 valence electrons. The Morgan fingerprint density at radius 3 is 2.75 bits per heavy atom. The number of nitrogens with one attached hydrogen (secondary N) is 1. The van der Waals surface area contributed by atoms with Crippen LogP contribution in [-0.2, 0) is 17.8 Å². The third-order valence-corrected chi connectivity index (χ3v) is 3.80. The van der Waals surface area contributed by atoms with Gasteiger partial charge in [-0.05, 0) is 17.5 Å². The number of amides is 1. The molecule has 1 aliphatic heterocycles. The van der Waals surface area contributed by atoms with Crippen molar-refractivity contribution in [2.45, 2.75) is 13.0 Å². The molecule has 0 radical (unpaired) electrons. The molecule has 6 nitrogen and oxygen atoms in total. The number of aliphatic imine (C=N–C) groups is 1. The van der Waals surface area contributed by atoms with Crippen LogP contribution in [0.15, 0.2) is 29.3 Å². The maximum atomic E-state index is 12.1. The number of thioether (sulfide) groups is 1. The topological polar surface area (TPSA) is 109 Å². The predicted molar refractivity (Wildman–Crippen MR) is 81.6 cm³/mol. The average molecular weight is 291 g/mol. The van der Waals surface area contributed by atoms with Gasteiger partial charge in [0, 0.05) is 13.1 Å². The number of guanidine groups is 1. The van der Waals surface area contributed by atoms with Crippen molar-refractivity contribution < 1.29 is 4.79 Å². The molecule has 0 aliphatic carbocycles. The zero-order valence-corrected chi connectivity index (χ0v) is 11.8. The van der Waals surface area contributed by atoms with E-state index in [1.807, 2.05) is 18.2 Å². The Labute approximate surface area is 121 Å². The second-order valence-corrected chi connectivity index (χ2v) is 5.43. The van der Waals surface area contributed by atoms with Gasteiger partial charge in [0.2, 0.25) is 5.91 Å². The van der Waals surface area contributed by atoms with E-state index in [-0.39, 0.29) is 22.8 Å². The number of amidine groups is 1. The molecule has 0 unspecified atom stereocenters. The van der Waals surface area contributed by atoms with Crippen LogP contribution in [0.25, 0.3) is 0 Å². The molecule has 1 aromatic carbocycles. The maximum absolute atomic E-state index is 12.1. The number of hydrogen-bond donors (Lipinski definition) is 3. The highest BCUT2D eigenvalue weighted by atomic mass is 32.2. The summed E-state index contributed by atoms with van der Waals surface area (Å²) in [7, 11) is 0. The lowest BCUT2D eigenvalue weighted by Gasteiger charge is -2.28. The van der Waals surface area contributed by atoms with Gasteiger partial charge in [-0.1, -0.05) is 36.0 Å². The van der Waals surface area contributed by atoms with Crippen LogP contribution < -0.4 is 11.5 Å². The first kappa shape index (κ1) is 14.4. The molecular formula is C13H17N5OS. The summed E-state index contributed by atoms with van der Waals surface area (Å²) in [4.78, 5) is 17.5. The van der Waals surface area contributed by atoms with Crippen molar-refractivity contribution in [1.29, 1.82) is 5.41 Å². The van der Waals surface area contributed by atoms with Crippen LogP contribution in [0.1, 0.15) is 11.1 Å². The highest BCUT2D eigenvalue weighted by Gasteiger charge is 2.20. The van der Waals surface area contributed by atoms with Crippen molar-refractivity contribution in [3.8, 4) is 0 Å². The van der Waals surface area contributed by atoms with Crippen LogP contribution in [-0.4, -0.2) is 34.2 Å². The number of nitrogens with zero attached hydrogens (tertiary/aromatic N) is 2. The number of rotatable bonds is 2. The number of fused-ring (bicyclic) bond motifs is 1. The summed E-state index contributed by atoms with van der Waals surface area (Å²) in [5.74, 6) is 0.0134. The van der Waals surface area contributed by atoms with E-state index in [9.17, 15) is 4.79 Å². The molecule has 0 aromatic heterocycles. The Bertz CT molecular complexity index is 553.